The van der Waals surface area contributed by atoms with E-state index in [4.69, 9.17) is 22.1 Å². The molecule has 1 aromatic carbocycles. The van der Waals surface area contributed by atoms with E-state index in [1.165, 1.54) is 18.2 Å². The fourth-order valence-electron chi connectivity index (χ4n) is 1.65. The molecule has 0 aliphatic heterocycles. The smallest absolute Gasteiger partial charge is 0.426 e. The first-order chi connectivity index (χ1) is 8.79. The van der Waals surface area contributed by atoms with E-state index in [-0.39, 0.29) is 12.2 Å². The van der Waals surface area contributed by atoms with E-state index in [1.807, 2.05) is 6.92 Å². The number of halogens is 4. The maximum Gasteiger partial charge on any atom is 0.426 e. The Morgan fingerprint density at radius 2 is 1.95 bits per heavy atom. The summed E-state index contributed by atoms with van der Waals surface area (Å²) in [5.41, 5.74) is 6.22. The quantitative estimate of drug-likeness (QED) is 0.892. The molecule has 1 rings (SSSR count). The van der Waals surface area contributed by atoms with Gasteiger partial charge in [0.15, 0.2) is 0 Å². The third kappa shape index (κ3) is 4.28. The molecule has 0 spiro atoms. The largest absolute Gasteiger partial charge is 0.479 e. The fourth-order valence-corrected chi connectivity index (χ4v) is 1.90. The SMILES string of the molecule is CCc1cc(OC(C(N)CC)C(F)(F)F)ccc1Cl. The monoisotopic (exact) mass is 295 g/mol. The highest BCUT2D eigenvalue weighted by atomic mass is 35.5. The van der Waals surface area contributed by atoms with Gasteiger partial charge in [0.1, 0.15) is 5.75 Å². The van der Waals surface area contributed by atoms with Crippen LogP contribution in [0.3, 0.4) is 0 Å². The van der Waals surface area contributed by atoms with Crippen molar-refractivity contribution in [3.8, 4) is 5.75 Å². The van der Waals surface area contributed by atoms with Crippen molar-refractivity contribution in [1.29, 1.82) is 0 Å². The number of ether oxygens (including phenoxy) is 1. The summed E-state index contributed by atoms with van der Waals surface area (Å²) in [6.45, 7) is 3.45. The van der Waals surface area contributed by atoms with Crippen molar-refractivity contribution in [1.82, 2.24) is 0 Å². The predicted octanol–water partition coefficient (Wildman–Crippen LogP) is 3.95. The van der Waals surface area contributed by atoms with Crippen LogP contribution in [0.15, 0.2) is 18.2 Å². The summed E-state index contributed by atoms with van der Waals surface area (Å²) in [6.07, 6.45) is -5.71. The van der Waals surface area contributed by atoms with Crippen LogP contribution in [0.4, 0.5) is 13.2 Å². The van der Waals surface area contributed by atoms with Crippen LogP contribution in [0.1, 0.15) is 25.8 Å². The summed E-state index contributed by atoms with van der Waals surface area (Å²) >= 11 is 5.91. The van der Waals surface area contributed by atoms with Gasteiger partial charge in [0, 0.05) is 5.02 Å². The molecule has 0 saturated heterocycles. The first-order valence-electron chi connectivity index (χ1n) is 6.07. The number of nitrogens with two attached hydrogens (primary N) is 1. The third-order valence-electron chi connectivity index (χ3n) is 2.84. The van der Waals surface area contributed by atoms with Crippen molar-refractivity contribution >= 4 is 11.6 Å². The first kappa shape index (κ1) is 16.1. The van der Waals surface area contributed by atoms with Crippen LogP contribution in [-0.2, 0) is 6.42 Å². The maximum atomic E-state index is 12.9. The topological polar surface area (TPSA) is 35.2 Å². The molecule has 19 heavy (non-hydrogen) atoms. The van der Waals surface area contributed by atoms with Crippen molar-refractivity contribution in [2.75, 3.05) is 0 Å². The minimum absolute atomic E-state index is 0.132. The average molecular weight is 296 g/mol. The number of rotatable bonds is 5. The molecule has 2 nitrogen and oxygen atoms in total. The Kier molecular flexibility index (Phi) is 5.50. The zero-order chi connectivity index (χ0) is 14.6. The lowest BCUT2D eigenvalue weighted by molar-refractivity contribution is -0.200. The summed E-state index contributed by atoms with van der Waals surface area (Å²) < 4.78 is 43.6. The highest BCUT2D eigenvalue weighted by Gasteiger charge is 2.45. The molecule has 2 atom stereocenters. The number of benzene rings is 1. The Morgan fingerprint density at radius 3 is 2.42 bits per heavy atom. The third-order valence-corrected chi connectivity index (χ3v) is 3.21. The predicted molar refractivity (Wildman–Crippen MR) is 69.6 cm³/mol. The molecule has 0 fully saturated rings. The van der Waals surface area contributed by atoms with Crippen LogP contribution in [0.5, 0.6) is 5.75 Å². The molecule has 108 valence electrons. The molecule has 6 heteroatoms. The molecule has 1 aromatic rings. The lowest BCUT2D eigenvalue weighted by Gasteiger charge is -2.26. The zero-order valence-electron chi connectivity index (χ0n) is 10.8. The maximum absolute atomic E-state index is 12.9. The van der Waals surface area contributed by atoms with Gasteiger partial charge in [-0.2, -0.15) is 13.2 Å². The molecule has 2 unspecified atom stereocenters. The molecule has 2 N–H and O–H groups in total. The second-order valence-corrected chi connectivity index (χ2v) is 4.67. The molecule has 0 aliphatic rings. The second kappa shape index (κ2) is 6.48. The van der Waals surface area contributed by atoms with Crippen molar-refractivity contribution < 1.29 is 17.9 Å². The highest BCUT2D eigenvalue weighted by Crippen LogP contribution is 2.30. The Hall–Kier alpha value is -0.940. The van der Waals surface area contributed by atoms with Crippen molar-refractivity contribution in [3.63, 3.8) is 0 Å². The van der Waals surface area contributed by atoms with Gasteiger partial charge in [-0.3, -0.25) is 0 Å². The van der Waals surface area contributed by atoms with Gasteiger partial charge in [-0.1, -0.05) is 25.4 Å². The molecular formula is C13H17ClF3NO. The summed E-state index contributed by atoms with van der Waals surface area (Å²) in [6, 6.07) is 3.37. The van der Waals surface area contributed by atoms with E-state index in [2.05, 4.69) is 0 Å². The van der Waals surface area contributed by atoms with Gasteiger partial charge in [-0.05, 0) is 36.6 Å². The average Bonchev–Trinajstić information content (AvgIpc) is 2.35. The molecular weight excluding hydrogens is 279 g/mol. The van der Waals surface area contributed by atoms with Gasteiger partial charge in [-0.25, -0.2) is 0 Å². The molecule has 0 aromatic heterocycles. The molecule has 0 heterocycles. The van der Waals surface area contributed by atoms with E-state index < -0.39 is 18.3 Å². The zero-order valence-corrected chi connectivity index (χ0v) is 11.6. The van der Waals surface area contributed by atoms with Gasteiger partial charge in [0.05, 0.1) is 6.04 Å². The Bertz CT molecular complexity index is 423. The fraction of sp³-hybridized carbons (Fsp3) is 0.538. The summed E-state index contributed by atoms with van der Waals surface area (Å²) in [7, 11) is 0. The summed E-state index contributed by atoms with van der Waals surface area (Å²) in [5.74, 6) is 0.132. The standard InChI is InChI=1S/C13H17ClF3NO/c1-3-8-7-9(5-6-10(8)14)19-12(11(18)4-2)13(15,16)17/h5-7,11-12H,3-4,18H2,1-2H3. The summed E-state index contributed by atoms with van der Waals surface area (Å²) in [5, 5.41) is 0.512. The highest BCUT2D eigenvalue weighted by molar-refractivity contribution is 6.31. The van der Waals surface area contributed by atoms with Crippen LogP contribution in [0, 0.1) is 0 Å². The number of hydrogen-bond donors (Lipinski definition) is 1. The van der Waals surface area contributed by atoms with Gasteiger partial charge in [-0.15, -0.1) is 0 Å². The lowest BCUT2D eigenvalue weighted by atomic mass is 10.1. The number of alkyl halides is 3. The number of hydrogen-bond acceptors (Lipinski definition) is 2. The molecule has 0 saturated carbocycles. The Balaban J connectivity index is 2.97. The van der Waals surface area contributed by atoms with Crippen LogP contribution >= 0.6 is 11.6 Å². The van der Waals surface area contributed by atoms with Crippen molar-refractivity contribution in [2.45, 2.75) is 45.0 Å². The van der Waals surface area contributed by atoms with Crippen LogP contribution in [-0.4, -0.2) is 18.3 Å². The van der Waals surface area contributed by atoms with E-state index in [1.54, 1.807) is 6.92 Å². The molecule has 0 bridgehead atoms. The minimum atomic E-state index is -4.50. The minimum Gasteiger partial charge on any atom is -0.479 e. The normalized spacial score (nSPS) is 15.1. The Labute approximate surface area is 115 Å². The van der Waals surface area contributed by atoms with Crippen LogP contribution < -0.4 is 10.5 Å². The first-order valence-corrected chi connectivity index (χ1v) is 6.44. The van der Waals surface area contributed by atoms with Crippen molar-refractivity contribution in [3.05, 3.63) is 28.8 Å². The van der Waals surface area contributed by atoms with Gasteiger partial charge in [0.2, 0.25) is 6.10 Å². The van der Waals surface area contributed by atoms with Gasteiger partial charge < -0.3 is 10.5 Å². The molecule has 0 aliphatic carbocycles. The van der Waals surface area contributed by atoms with E-state index in [0.717, 1.165) is 5.56 Å². The van der Waals surface area contributed by atoms with Crippen LogP contribution in [0.25, 0.3) is 0 Å². The van der Waals surface area contributed by atoms with Crippen molar-refractivity contribution in [2.24, 2.45) is 5.73 Å². The second-order valence-electron chi connectivity index (χ2n) is 4.26. The van der Waals surface area contributed by atoms with Crippen LogP contribution in [0.2, 0.25) is 5.02 Å². The van der Waals surface area contributed by atoms with Gasteiger partial charge >= 0.3 is 6.18 Å². The molecule has 0 radical (unpaired) electrons. The van der Waals surface area contributed by atoms with E-state index in [0.29, 0.717) is 11.4 Å². The lowest BCUT2D eigenvalue weighted by Crippen LogP contribution is -2.48. The Morgan fingerprint density at radius 1 is 1.32 bits per heavy atom. The molecule has 0 amide bonds. The number of aryl methyl sites for hydroxylation is 1. The summed E-state index contributed by atoms with van der Waals surface area (Å²) in [4.78, 5) is 0. The van der Waals surface area contributed by atoms with E-state index >= 15 is 0 Å². The van der Waals surface area contributed by atoms with Gasteiger partial charge in [0.25, 0.3) is 0 Å². The van der Waals surface area contributed by atoms with E-state index in [9.17, 15) is 13.2 Å².